The van der Waals surface area contributed by atoms with Gasteiger partial charge in [-0.05, 0) is 27.2 Å². The third-order valence-corrected chi connectivity index (χ3v) is 2.19. The summed E-state index contributed by atoms with van der Waals surface area (Å²) in [4.78, 5) is 51.9. The number of rotatable bonds is 10. The lowest BCUT2D eigenvalue weighted by molar-refractivity contribution is -0.124. The van der Waals surface area contributed by atoms with Crippen molar-refractivity contribution in [1.82, 2.24) is 16.0 Å². The maximum atomic E-state index is 10.8. The Kier molecular flexibility index (Phi) is 33.4. The van der Waals surface area contributed by atoms with Crippen LogP contribution >= 0.6 is 0 Å². The predicted octanol–water partition coefficient (Wildman–Crippen LogP) is 1.37. The molecule has 0 atom stereocenters. The van der Waals surface area contributed by atoms with Gasteiger partial charge in [-0.15, -0.1) is 0 Å². The molecule has 0 aromatic carbocycles. The molecule has 0 aromatic heterocycles. The number of Topliss-reactive ketones (excluding diaryl/α,β-unsaturated/α-hetero) is 2. The van der Waals surface area contributed by atoms with Crippen molar-refractivity contribution in [2.24, 2.45) is 0 Å². The van der Waals surface area contributed by atoms with Crippen LogP contribution in [0.1, 0.15) is 67.7 Å². The lowest BCUT2D eigenvalue weighted by Crippen LogP contribution is -2.35. The summed E-state index contributed by atoms with van der Waals surface area (Å²) < 4.78 is 0. The van der Waals surface area contributed by atoms with Crippen LogP contribution < -0.4 is 16.0 Å². The molecule has 3 amide bonds. The summed E-state index contributed by atoms with van der Waals surface area (Å²) in [5.41, 5.74) is 0. The maximum Gasteiger partial charge on any atom is 0.239 e. The summed E-state index contributed by atoms with van der Waals surface area (Å²) in [6.45, 7) is 13.4. The topological polar surface area (TPSA) is 121 Å². The second kappa shape index (κ2) is 27.6. The summed E-state index contributed by atoms with van der Waals surface area (Å²) in [6.07, 6.45) is 2.07. The molecule has 0 fully saturated rings. The zero-order valence-corrected chi connectivity index (χ0v) is 17.4. The average molecular weight is 376 g/mol. The van der Waals surface area contributed by atoms with Crippen molar-refractivity contribution in [2.45, 2.75) is 67.7 Å². The minimum absolute atomic E-state index is 0.0133. The first kappa shape index (κ1) is 31.5. The SMILES string of the molecule is CC.CC.CC(=O)CNC(=O)CNC=O.CCNC(=O)CCCC(C)=O. The van der Waals surface area contributed by atoms with Crippen LogP contribution in [0.4, 0.5) is 0 Å². The lowest BCUT2D eigenvalue weighted by atomic mass is 10.2. The number of carbonyl (C=O) groups excluding carboxylic acids is 5. The van der Waals surface area contributed by atoms with E-state index in [1.54, 1.807) is 0 Å². The lowest BCUT2D eigenvalue weighted by Gasteiger charge is -2.00. The monoisotopic (exact) mass is 375 g/mol. The highest BCUT2D eigenvalue weighted by atomic mass is 16.2. The van der Waals surface area contributed by atoms with Crippen LogP contribution in [-0.2, 0) is 24.0 Å². The molecule has 0 unspecified atom stereocenters. The van der Waals surface area contributed by atoms with Crippen molar-refractivity contribution in [3.05, 3.63) is 0 Å². The molecular formula is C18H37N3O5. The van der Waals surface area contributed by atoms with Gasteiger partial charge < -0.3 is 20.7 Å². The van der Waals surface area contributed by atoms with E-state index in [0.29, 0.717) is 32.2 Å². The van der Waals surface area contributed by atoms with Gasteiger partial charge in [0.1, 0.15) is 11.6 Å². The van der Waals surface area contributed by atoms with Crippen molar-refractivity contribution >= 4 is 29.8 Å². The van der Waals surface area contributed by atoms with E-state index in [1.165, 1.54) is 13.8 Å². The predicted molar refractivity (Wildman–Crippen MR) is 104 cm³/mol. The number of nitrogens with one attached hydrogen (secondary N) is 3. The normalized spacial score (nSPS) is 7.96. The van der Waals surface area contributed by atoms with Crippen LogP contribution in [0.2, 0.25) is 0 Å². The average Bonchev–Trinajstić information content (AvgIpc) is 2.62. The van der Waals surface area contributed by atoms with Crippen LogP contribution in [0.3, 0.4) is 0 Å². The van der Waals surface area contributed by atoms with Crippen molar-refractivity contribution in [3.8, 4) is 0 Å². The molecule has 0 aliphatic carbocycles. The minimum atomic E-state index is -0.368. The fourth-order valence-electron chi connectivity index (χ4n) is 1.20. The Labute approximate surface area is 157 Å². The van der Waals surface area contributed by atoms with Crippen LogP contribution in [0.15, 0.2) is 0 Å². The van der Waals surface area contributed by atoms with Gasteiger partial charge >= 0.3 is 0 Å². The second-order valence-electron chi connectivity index (χ2n) is 4.49. The number of hydrogen-bond donors (Lipinski definition) is 3. The summed E-state index contributed by atoms with van der Waals surface area (Å²) in [7, 11) is 0. The van der Waals surface area contributed by atoms with Crippen molar-refractivity contribution in [3.63, 3.8) is 0 Å². The molecule has 0 heterocycles. The Morgan fingerprint density at radius 1 is 0.769 bits per heavy atom. The van der Waals surface area contributed by atoms with Gasteiger partial charge in [-0.2, -0.15) is 0 Å². The fraction of sp³-hybridized carbons (Fsp3) is 0.722. The first-order valence-electron chi connectivity index (χ1n) is 9.02. The van der Waals surface area contributed by atoms with Crippen LogP contribution in [0, 0.1) is 0 Å². The van der Waals surface area contributed by atoms with Crippen molar-refractivity contribution in [1.29, 1.82) is 0 Å². The van der Waals surface area contributed by atoms with Gasteiger partial charge in [0.05, 0.1) is 13.1 Å². The Hall–Kier alpha value is -2.25. The third kappa shape index (κ3) is 37.8. The first-order chi connectivity index (χ1) is 12.3. The molecule has 26 heavy (non-hydrogen) atoms. The van der Waals surface area contributed by atoms with Gasteiger partial charge in [0.2, 0.25) is 18.2 Å². The van der Waals surface area contributed by atoms with E-state index in [1.807, 2.05) is 34.6 Å². The highest BCUT2D eigenvalue weighted by molar-refractivity contribution is 5.86. The zero-order valence-electron chi connectivity index (χ0n) is 17.4. The quantitative estimate of drug-likeness (QED) is 0.498. The molecule has 154 valence electrons. The zero-order chi connectivity index (χ0) is 21.4. The molecule has 0 saturated carbocycles. The molecule has 8 heteroatoms. The fourth-order valence-corrected chi connectivity index (χ4v) is 1.20. The Bertz CT molecular complexity index is 385. The molecule has 0 aliphatic heterocycles. The van der Waals surface area contributed by atoms with Crippen molar-refractivity contribution in [2.75, 3.05) is 19.6 Å². The van der Waals surface area contributed by atoms with E-state index in [0.717, 1.165) is 0 Å². The molecular weight excluding hydrogens is 338 g/mol. The van der Waals surface area contributed by atoms with Gasteiger partial charge in [0.25, 0.3) is 0 Å². The third-order valence-electron chi connectivity index (χ3n) is 2.19. The van der Waals surface area contributed by atoms with E-state index in [2.05, 4.69) is 16.0 Å². The summed E-state index contributed by atoms with van der Waals surface area (Å²) in [5.74, 6) is -0.306. The summed E-state index contributed by atoms with van der Waals surface area (Å²) in [6, 6.07) is 0. The van der Waals surface area contributed by atoms with Crippen molar-refractivity contribution < 1.29 is 24.0 Å². The molecule has 0 rings (SSSR count). The van der Waals surface area contributed by atoms with Crippen LogP contribution in [-0.4, -0.2) is 49.4 Å². The highest BCUT2D eigenvalue weighted by Gasteiger charge is 2.00. The largest absolute Gasteiger partial charge is 0.356 e. The minimum Gasteiger partial charge on any atom is -0.356 e. The van der Waals surface area contributed by atoms with Gasteiger partial charge in [0.15, 0.2) is 0 Å². The molecule has 0 aromatic rings. The van der Waals surface area contributed by atoms with E-state index < -0.39 is 0 Å². The molecule has 3 N–H and O–H groups in total. The standard InChI is InChI=1S/C8H15NO2.C6H10N2O3.2C2H6/c1-3-9-8(11)6-4-5-7(2)10;1-5(10)2-8-6(11)3-7-4-9;2*1-2/h3-6H2,1-2H3,(H,9,11);4H,2-3H2,1H3,(H,7,9)(H,8,11);2*1-2H3. The summed E-state index contributed by atoms with van der Waals surface area (Å²) >= 11 is 0. The van der Waals surface area contributed by atoms with Gasteiger partial charge in [-0.25, -0.2) is 0 Å². The molecule has 0 aliphatic rings. The summed E-state index contributed by atoms with van der Waals surface area (Å²) in [5, 5.41) is 7.14. The van der Waals surface area contributed by atoms with E-state index in [-0.39, 0.29) is 36.5 Å². The Balaban J connectivity index is -0.000000156. The van der Waals surface area contributed by atoms with E-state index in [9.17, 15) is 24.0 Å². The number of hydrogen-bond acceptors (Lipinski definition) is 5. The van der Waals surface area contributed by atoms with E-state index in [4.69, 9.17) is 0 Å². The number of amides is 3. The van der Waals surface area contributed by atoms with Crippen LogP contribution in [0.25, 0.3) is 0 Å². The first-order valence-corrected chi connectivity index (χ1v) is 9.02. The van der Waals surface area contributed by atoms with Gasteiger partial charge in [0, 0.05) is 19.4 Å². The number of ketones is 2. The Morgan fingerprint density at radius 2 is 1.31 bits per heavy atom. The molecule has 0 spiro atoms. The highest BCUT2D eigenvalue weighted by Crippen LogP contribution is 1.95. The van der Waals surface area contributed by atoms with Gasteiger partial charge in [-0.3, -0.25) is 19.2 Å². The van der Waals surface area contributed by atoms with Crippen LogP contribution in [0.5, 0.6) is 0 Å². The smallest absolute Gasteiger partial charge is 0.239 e. The molecule has 0 saturated heterocycles. The Morgan fingerprint density at radius 3 is 1.69 bits per heavy atom. The second-order valence-corrected chi connectivity index (χ2v) is 4.49. The van der Waals surface area contributed by atoms with E-state index >= 15 is 0 Å². The molecule has 0 radical (unpaired) electrons. The molecule has 0 bridgehead atoms. The maximum absolute atomic E-state index is 10.8. The molecule has 8 nitrogen and oxygen atoms in total. The number of carbonyl (C=O) groups is 5. The van der Waals surface area contributed by atoms with Gasteiger partial charge in [-0.1, -0.05) is 27.7 Å².